The van der Waals surface area contributed by atoms with E-state index in [1.54, 1.807) is 12.1 Å². The van der Waals surface area contributed by atoms with Gasteiger partial charge < -0.3 is 25.3 Å². The van der Waals surface area contributed by atoms with E-state index in [1.807, 2.05) is 33.7 Å². The second kappa shape index (κ2) is 14.1. The van der Waals surface area contributed by atoms with E-state index in [-0.39, 0.29) is 5.84 Å². The Morgan fingerprint density at radius 3 is 1.84 bits per heavy atom. The lowest BCUT2D eigenvalue weighted by molar-refractivity contribution is 0.302. The van der Waals surface area contributed by atoms with E-state index in [2.05, 4.69) is 0 Å². The highest BCUT2D eigenvalue weighted by atomic mass is 16.5. The van der Waals surface area contributed by atoms with Crippen LogP contribution >= 0.6 is 0 Å². The molecule has 2 aromatic rings. The lowest BCUT2D eigenvalue weighted by Crippen LogP contribution is -2.24. The molecule has 8 heteroatoms. The zero-order valence-electron chi connectivity index (χ0n) is 19.1. The number of hydrogen-bond donors (Lipinski definition) is 5. The number of unbranched alkanes of at least 4 members (excludes halogenated alkanes) is 7. The maximum Gasteiger partial charge on any atom is 0.202 e. The van der Waals surface area contributed by atoms with E-state index in [0.717, 1.165) is 57.4 Å². The van der Waals surface area contributed by atoms with Crippen molar-refractivity contribution in [3.05, 3.63) is 47.8 Å². The van der Waals surface area contributed by atoms with Gasteiger partial charge in [0.1, 0.15) is 11.6 Å². The third-order valence-electron chi connectivity index (χ3n) is 5.54. The van der Waals surface area contributed by atoms with E-state index in [1.165, 1.54) is 25.7 Å². The molecule has 176 valence electrons. The van der Waals surface area contributed by atoms with Crippen LogP contribution in [0.1, 0.15) is 69.8 Å². The quantitative estimate of drug-likeness (QED) is 0.144. The number of rotatable bonds is 17. The van der Waals surface area contributed by atoms with Crippen LogP contribution in [0.4, 0.5) is 0 Å². The van der Waals surface area contributed by atoms with Crippen LogP contribution in [0.15, 0.2) is 36.7 Å². The average molecular weight is 442 g/mol. The Balaban J connectivity index is 1.55. The lowest BCUT2D eigenvalue weighted by Gasteiger charge is -2.08. The second-order valence-corrected chi connectivity index (χ2v) is 8.25. The molecule has 0 saturated heterocycles. The average Bonchev–Trinajstić information content (AvgIpc) is 3.12. The van der Waals surface area contributed by atoms with Gasteiger partial charge in [0.05, 0.1) is 12.4 Å². The van der Waals surface area contributed by atoms with E-state index in [0.29, 0.717) is 23.6 Å². The summed E-state index contributed by atoms with van der Waals surface area (Å²) < 4.78 is 9.77. The van der Waals surface area contributed by atoms with Crippen molar-refractivity contribution in [3.63, 3.8) is 0 Å². The number of ether oxygens (including phenoxy) is 1. The summed E-state index contributed by atoms with van der Waals surface area (Å²) in [6.45, 7) is 2.34. The molecule has 8 nitrogen and oxygen atoms in total. The van der Waals surface area contributed by atoms with Crippen molar-refractivity contribution >= 4 is 11.7 Å². The maximum atomic E-state index is 8.36. The van der Waals surface area contributed by atoms with E-state index in [4.69, 9.17) is 32.4 Å². The number of hydrogen-bond acceptors (Lipinski definition) is 4. The summed E-state index contributed by atoms with van der Waals surface area (Å²) in [6.07, 6.45) is 14.8. The Labute approximate surface area is 191 Å². The summed E-state index contributed by atoms with van der Waals surface area (Å²) in [4.78, 5) is 0. The summed E-state index contributed by atoms with van der Waals surface area (Å²) >= 11 is 0. The van der Waals surface area contributed by atoms with Crippen molar-refractivity contribution in [3.8, 4) is 5.75 Å². The van der Waals surface area contributed by atoms with Crippen LogP contribution in [0.5, 0.6) is 5.75 Å². The predicted octanol–water partition coefficient (Wildman–Crippen LogP) is 3.97. The monoisotopic (exact) mass is 441 g/mol. The largest absolute Gasteiger partial charge is 0.494 e. The Kier molecular flexibility index (Phi) is 11.1. The molecule has 32 heavy (non-hydrogen) atoms. The van der Waals surface area contributed by atoms with E-state index in [9.17, 15) is 0 Å². The highest BCUT2D eigenvalue weighted by Crippen LogP contribution is 2.12. The van der Waals surface area contributed by atoms with Crippen molar-refractivity contribution in [2.24, 2.45) is 11.5 Å². The van der Waals surface area contributed by atoms with Gasteiger partial charge in [0, 0.05) is 37.5 Å². The molecule has 1 aromatic carbocycles. The molecule has 0 spiro atoms. The summed E-state index contributed by atoms with van der Waals surface area (Å²) in [7, 11) is 0. The molecule has 0 aliphatic heterocycles. The van der Waals surface area contributed by atoms with E-state index >= 15 is 0 Å². The minimum Gasteiger partial charge on any atom is -0.494 e. The molecule has 0 fully saturated rings. The molecule has 0 aliphatic rings. The van der Waals surface area contributed by atoms with Crippen molar-refractivity contribution in [1.29, 1.82) is 16.2 Å². The molecule has 0 bridgehead atoms. The standard InChI is InChI=1S/C24H39N7O/c25-22(26)10-6-4-2-1-3-5-7-15-30-17-18-31(24(30)29)16-8-9-19-32-21-13-11-20(12-14-21)23(27)28/h11-14,17-18,29H,1-10,15-16,19H2,(H3,25,26)(H3,27,28). The molecule has 0 atom stereocenters. The normalized spacial score (nSPS) is 10.9. The number of nitrogens with two attached hydrogens (primary N) is 2. The molecule has 0 unspecified atom stereocenters. The van der Waals surface area contributed by atoms with Gasteiger partial charge in [-0.2, -0.15) is 0 Å². The molecule has 0 radical (unpaired) electrons. The van der Waals surface area contributed by atoms with Gasteiger partial charge in [-0.15, -0.1) is 0 Å². The van der Waals surface area contributed by atoms with Crippen LogP contribution in [-0.4, -0.2) is 27.4 Å². The fourth-order valence-electron chi connectivity index (χ4n) is 3.61. The van der Waals surface area contributed by atoms with Crippen LogP contribution in [0.25, 0.3) is 0 Å². The van der Waals surface area contributed by atoms with Crippen molar-refractivity contribution < 1.29 is 4.74 Å². The highest BCUT2D eigenvalue weighted by Gasteiger charge is 2.02. The van der Waals surface area contributed by atoms with Gasteiger partial charge >= 0.3 is 0 Å². The predicted molar refractivity (Wildman–Crippen MR) is 129 cm³/mol. The number of nitrogens with zero attached hydrogens (tertiary/aromatic N) is 2. The van der Waals surface area contributed by atoms with E-state index < -0.39 is 0 Å². The van der Waals surface area contributed by atoms with Crippen LogP contribution in [0.2, 0.25) is 0 Å². The van der Waals surface area contributed by atoms with Gasteiger partial charge in [-0.3, -0.25) is 16.2 Å². The third kappa shape index (κ3) is 9.41. The number of benzene rings is 1. The molecule has 7 N–H and O–H groups in total. The Bertz CT molecular complexity index is 882. The zero-order chi connectivity index (χ0) is 23.2. The Morgan fingerprint density at radius 2 is 1.28 bits per heavy atom. The minimum atomic E-state index is 0.0594. The van der Waals surface area contributed by atoms with Gasteiger partial charge in [0.15, 0.2) is 0 Å². The smallest absolute Gasteiger partial charge is 0.202 e. The molecular formula is C24H39N7O. The number of imidazole rings is 1. The molecule has 1 heterocycles. The summed E-state index contributed by atoms with van der Waals surface area (Å²) in [5.74, 6) is 1.14. The molecule has 2 rings (SSSR count). The Morgan fingerprint density at radius 1 is 0.750 bits per heavy atom. The number of nitrogens with one attached hydrogen (secondary N) is 3. The topological polar surface area (TPSA) is 143 Å². The van der Waals surface area contributed by atoms with Gasteiger partial charge in [-0.05, 0) is 49.9 Å². The third-order valence-corrected chi connectivity index (χ3v) is 5.54. The first-order chi connectivity index (χ1) is 15.5. The van der Waals surface area contributed by atoms with Crippen LogP contribution in [0.3, 0.4) is 0 Å². The fourth-order valence-corrected chi connectivity index (χ4v) is 3.61. The SMILES string of the molecule is N=C(N)CCCCCCCCCn1ccn(CCCCOc2ccc(C(=N)N)cc2)c1=N. The fraction of sp³-hybridized carbons (Fsp3) is 0.542. The zero-order valence-corrected chi connectivity index (χ0v) is 19.1. The molecule has 0 saturated carbocycles. The second-order valence-electron chi connectivity index (χ2n) is 8.25. The summed E-state index contributed by atoms with van der Waals surface area (Å²) in [6, 6.07) is 7.25. The van der Waals surface area contributed by atoms with Crippen LogP contribution < -0.4 is 21.8 Å². The van der Waals surface area contributed by atoms with Gasteiger partial charge in [-0.25, -0.2) is 0 Å². The Hall–Kier alpha value is -3.03. The molecule has 0 aliphatic carbocycles. The summed E-state index contributed by atoms with van der Waals surface area (Å²) in [5, 5.41) is 23.0. The molecular weight excluding hydrogens is 402 g/mol. The first-order valence-electron chi connectivity index (χ1n) is 11.7. The first-order valence-corrected chi connectivity index (χ1v) is 11.7. The van der Waals surface area contributed by atoms with Gasteiger partial charge in [-0.1, -0.05) is 32.1 Å². The van der Waals surface area contributed by atoms with Crippen LogP contribution in [0, 0.1) is 16.2 Å². The molecule has 0 amide bonds. The first kappa shape index (κ1) is 25.2. The lowest BCUT2D eigenvalue weighted by atomic mass is 10.1. The minimum absolute atomic E-state index is 0.0594. The number of nitrogen functional groups attached to an aromatic ring is 1. The maximum absolute atomic E-state index is 8.36. The van der Waals surface area contributed by atoms with Crippen molar-refractivity contribution in [2.45, 2.75) is 77.3 Å². The van der Waals surface area contributed by atoms with Gasteiger partial charge in [0.2, 0.25) is 5.62 Å². The van der Waals surface area contributed by atoms with Crippen molar-refractivity contribution in [2.75, 3.05) is 6.61 Å². The van der Waals surface area contributed by atoms with Crippen molar-refractivity contribution in [1.82, 2.24) is 9.13 Å². The summed E-state index contributed by atoms with van der Waals surface area (Å²) in [5.41, 5.74) is 12.1. The molecule has 1 aromatic heterocycles. The number of aromatic nitrogens is 2. The van der Waals surface area contributed by atoms with Gasteiger partial charge in [0.25, 0.3) is 0 Å². The van der Waals surface area contributed by atoms with Crippen LogP contribution in [-0.2, 0) is 13.1 Å². The highest BCUT2D eigenvalue weighted by molar-refractivity contribution is 5.94. The number of amidine groups is 2. The number of aryl methyl sites for hydroxylation is 2.